The molecule has 0 aliphatic heterocycles. The van der Waals surface area contributed by atoms with Gasteiger partial charge >= 0.3 is 6.09 Å². The van der Waals surface area contributed by atoms with E-state index in [0.29, 0.717) is 5.69 Å². The van der Waals surface area contributed by atoms with E-state index in [-0.39, 0.29) is 0 Å². The van der Waals surface area contributed by atoms with Gasteiger partial charge in [0.05, 0.1) is 5.52 Å². The Hall–Kier alpha value is -2.10. The molecular formula is C14H15N2O2. The molecular weight excluding hydrogens is 228 g/mol. The molecule has 4 nitrogen and oxygen atoms in total. The van der Waals surface area contributed by atoms with Crippen molar-refractivity contribution in [3.63, 3.8) is 0 Å². The van der Waals surface area contributed by atoms with Crippen LogP contribution in [0.4, 0.5) is 10.5 Å². The summed E-state index contributed by atoms with van der Waals surface area (Å²) in [5, 5.41) is 3.61. The molecule has 1 amide bonds. The molecule has 93 valence electrons. The van der Waals surface area contributed by atoms with Gasteiger partial charge in [-0.25, -0.2) is 4.79 Å². The summed E-state index contributed by atoms with van der Waals surface area (Å²) in [6.45, 7) is 5.48. The smallest absolute Gasteiger partial charge is 0.412 e. The molecule has 0 saturated heterocycles. The molecule has 0 aliphatic rings. The van der Waals surface area contributed by atoms with Gasteiger partial charge in [-0.3, -0.25) is 10.3 Å². The van der Waals surface area contributed by atoms with E-state index in [4.69, 9.17) is 4.74 Å². The Balaban J connectivity index is 2.15. The molecule has 0 unspecified atom stereocenters. The highest BCUT2D eigenvalue weighted by molar-refractivity contribution is 5.89. The van der Waals surface area contributed by atoms with Crippen molar-refractivity contribution in [2.75, 3.05) is 5.32 Å². The number of anilines is 1. The molecule has 2 aromatic rings. The number of carbonyl (C=O) groups excluding carboxylic acids is 1. The van der Waals surface area contributed by atoms with Crippen molar-refractivity contribution in [2.24, 2.45) is 0 Å². The SMILES string of the molecule is CC(C)(C)OC(=O)Nc1ccc2nc[c]cc2c1. The van der Waals surface area contributed by atoms with Crippen LogP contribution in [0.5, 0.6) is 0 Å². The van der Waals surface area contributed by atoms with Crippen molar-refractivity contribution in [2.45, 2.75) is 26.4 Å². The normalized spacial score (nSPS) is 11.3. The first kappa shape index (κ1) is 12.4. The first-order valence-electron chi connectivity index (χ1n) is 5.70. The number of aromatic nitrogens is 1. The number of benzene rings is 1. The minimum absolute atomic E-state index is 0.463. The minimum Gasteiger partial charge on any atom is -0.444 e. The number of nitrogens with one attached hydrogen (secondary N) is 1. The third-order valence-electron chi connectivity index (χ3n) is 2.19. The second-order valence-corrected chi connectivity index (χ2v) is 4.97. The third kappa shape index (κ3) is 3.20. The average Bonchev–Trinajstić information content (AvgIpc) is 2.26. The van der Waals surface area contributed by atoms with Gasteiger partial charge in [-0.05, 0) is 45.0 Å². The quantitative estimate of drug-likeness (QED) is 0.835. The van der Waals surface area contributed by atoms with Gasteiger partial charge in [-0.1, -0.05) is 0 Å². The number of hydrogen-bond donors (Lipinski definition) is 1. The van der Waals surface area contributed by atoms with E-state index < -0.39 is 11.7 Å². The summed E-state index contributed by atoms with van der Waals surface area (Å²) in [6, 6.07) is 10.2. The number of pyridine rings is 1. The first-order valence-corrected chi connectivity index (χ1v) is 5.70. The predicted molar refractivity (Wildman–Crippen MR) is 70.4 cm³/mol. The standard InChI is InChI=1S/C14H15N2O2/c1-14(2,3)18-13(17)16-11-6-7-12-10(9-11)5-4-8-15-12/h5-9H,1-3H3,(H,16,17). The number of hydrogen-bond acceptors (Lipinski definition) is 3. The van der Waals surface area contributed by atoms with Gasteiger partial charge in [-0.2, -0.15) is 0 Å². The molecule has 1 aromatic heterocycles. The Morgan fingerprint density at radius 1 is 1.39 bits per heavy atom. The zero-order valence-electron chi connectivity index (χ0n) is 10.7. The lowest BCUT2D eigenvalue weighted by Gasteiger charge is -2.19. The van der Waals surface area contributed by atoms with E-state index in [1.165, 1.54) is 0 Å². The summed E-state index contributed by atoms with van der Waals surface area (Å²) in [5.74, 6) is 0. The average molecular weight is 243 g/mol. The van der Waals surface area contributed by atoms with Gasteiger partial charge in [0.25, 0.3) is 0 Å². The maximum Gasteiger partial charge on any atom is 0.412 e. The summed E-state index contributed by atoms with van der Waals surface area (Å²) >= 11 is 0. The van der Waals surface area contributed by atoms with E-state index in [0.717, 1.165) is 10.9 Å². The summed E-state index contributed by atoms with van der Waals surface area (Å²) in [4.78, 5) is 15.8. The third-order valence-corrected chi connectivity index (χ3v) is 2.19. The first-order chi connectivity index (χ1) is 8.44. The highest BCUT2D eigenvalue weighted by Crippen LogP contribution is 2.17. The number of ether oxygens (including phenoxy) is 1. The van der Waals surface area contributed by atoms with Crippen LogP contribution in [0.2, 0.25) is 0 Å². The predicted octanol–water partition coefficient (Wildman–Crippen LogP) is 3.38. The zero-order chi connectivity index (χ0) is 13.2. The molecule has 1 aromatic carbocycles. The van der Waals surface area contributed by atoms with Gasteiger partial charge in [0.2, 0.25) is 0 Å². The van der Waals surface area contributed by atoms with Crippen LogP contribution in [0.15, 0.2) is 30.5 Å². The van der Waals surface area contributed by atoms with Crippen molar-refractivity contribution >= 4 is 22.7 Å². The second-order valence-electron chi connectivity index (χ2n) is 4.97. The van der Waals surface area contributed by atoms with Gasteiger partial charge in [0.15, 0.2) is 0 Å². The fourth-order valence-electron chi connectivity index (χ4n) is 1.52. The molecule has 0 bridgehead atoms. The van der Waals surface area contributed by atoms with E-state index in [9.17, 15) is 4.79 Å². The van der Waals surface area contributed by atoms with Crippen LogP contribution in [0.1, 0.15) is 20.8 Å². The number of rotatable bonds is 1. The molecule has 0 spiro atoms. The lowest BCUT2D eigenvalue weighted by molar-refractivity contribution is 0.0636. The van der Waals surface area contributed by atoms with Crippen molar-refractivity contribution < 1.29 is 9.53 Å². The summed E-state index contributed by atoms with van der Waals surface area (Å²) in [6.07, 6.45) is 1.15. The maximum atomic E-state index is 11.6. The highest BCUT2D eigenvalue weighted by Gasteiger charge is 2.16. The molecule has 18 heavy (non-hydrogen) atoms. The van der Waals surface area contributed by atoms with E-state index >= 15 is 0 Å². The number of amides is 1. The van der Waals surface area contributed by atoms with Crippen molar-refractivity contribution in [3.8, 4) is 0 Å². The molecule has 0 atom stereocenters. The Morgan fingerprint density at radius 2 is 2.17 bits per heavy atom. The zero-order valence-corrected chi connectivity index (χ0v) is 10.7. The lowest BCUT2D eigenvalue weighted by atomic mass is 10.2. The summed E-state index contributed by atoms with van der Waals surface area (Å²) in [5.41, 5.74) is 1.04. The molecule has 2 rings (SSSR count). The van der Waals surface area contributed by atoms with Crippen LogP contribution >= 0.6 is 0 Å². The van der Waals surface area contributed by atoms with Crippen LogP contribution < -0.4 is 5.32 Å². The number of carbonyl (C=O) groups is 1. The van der Waals surface area contributed by atoms with Gasteiger partial charge in [-0.15, -0.1) is 0 Å². The monoisotopic (exact) mass is 243 g/mol. The fraction of sp³-hybridized carbons (Fsp3) is 0.286. The molecule has 0 fully saturated rings. The highest BCUT2D eigenvalue weighted by atomic mass is 16.6. The van der Waals surface area contributed by atoms with Gasteiger partial charge in [0.1, 0.15) is 5.60 Å². The molecule has 1 radical (unpaired) electrons. The van der Waals surface area contributed by atoms with E-state index in [1.807, 2.05) is 39.0 Å². The Morgan fingerprint density at radius 3 is 2.89 bits per heavy atom. The fourth-order valence-corrected chi connectivity index (χ4v) is 1.52. The number of nitrogens with zero attached hydrogens (tertiary/aromatic N) is 1. The van der Waals surface area contributed by atoms with E-state index in [2.05, 4.69) is 16.4 Å². The molecule has 4 heteroatoms. The molecule has 0 saturated carbocycles. The van der Waals surface area contributed by atoms with Crippen LogP contribution in [-0.4, -0.2) is 16.7 Å². The van der Waals surface area contributed by atoms with Crippen LogP contribution in [0.3, 0.4) is 0 Å². The van der Waals surface area contributed by atoms with Gasteiger partial charge in [0, 0.05) is 23.3 Å². The summed E-state index contributed by atoms with van der Waals surface area (Å²) in [7, 11) is 0. The Labute approximate surface area is 106 Å². The Bertz CT molecular complexity index is 573. The largest absolute Gasteiger partial charge is 0.444 e. The lowest BCUT2D eigenvalue weighted by Crippen LogP contribution is -2.27. The number of fused-ring (bicyclic) bond motifs is 1. The van der Waals surface area contributed by atoms with Crippen LogP contribution in [0, 0.1) is 6.07 Å². The second kappa shape index (κ2) is 4.64. The van der Waals surface area contributed by atoms with Crippen LogP contribution in [0.25, 0.3) is 10.9 Å². The Kier molecular flexibility index (Phi) is 3.19. The molecule has 1 N–H and O–H groups in total. The van der Waals surface area contributed by atoms with Crippen molar-refractivity contribution in [1.82, 2.24) is 4.98 Å². The van der Waals surface area contributed by atoms with Crippen LogP contribution in [-0.2, 0) is 4.74 Å². The topological polar surface area (TPSA) is 51.2 Å². The van der Waals surface area contributed by atoms with Gasteiger partial charge < -0.3 is 4.74 Å². The van der Waals surface area contributed by atoms with Crippen molar-refractivity contribution in [1.29, 1.82) is 0 Å². The summed E-state index contributed by atoms with van der Waals surface area (Å²) < 4.78 is 5.18. The maximum absolute atomic E-state index is 11.6. The minimum atomic E-state index is -0.504. The van der Waals surface area contributed by atoms with Crippen molar-refractivity contribution in [3.05, 3.63) is 36.5 Å². The molecule has 1 heterocycles. The van der Waals surface area contributed by atoms with E-state index in [1.54, 1.807) is 12.3 Å². The molecule has 0 aliphatic carbocycles.